The highest BCUT2D eigenvalue weighted by Gasteiger charge is 2.33. The van der Waals surface area contributed by atoms with E-state index in [1.165, 1.54) is 22.6 Å². The molecule has 0 bridgehead atoms. The average Bonchev–Trinajstić information content (AvgIpc) is 2.54. The molecule has 0 radical (unpaired) electrons. The molecule has 2 heterocycles. The van der Waals surface area contributed by atoms with E-state index in [-0.39, 0.29) is 22.8 Å². The molecule has 3 aromatic rings. The Morgan fingerprint density at radius 1 is 1.20 bits per heavy atom. The van der Waals surface area contributed by atoms with Crippen LogP contribution in [0.25, 0.3) is 5.65 Å². The van der Waals surface area contributed by atoms with Crippen LogP contribution in [0.2, 0.25) is 5.02 Å². The predicted molar refractivity (Wildman–Crippen MR) is 90.0 cm³/mol. The third-order valence-corrected chi connectivity index (χ3v) is 3.94. The minimum absolute atomic E-state index is 0.110. The van der Waals surface area contributed by atoms with Crippen molar-refractivity contribution in [3.63, 3.8) is 0 Å². The van der Waals surface area contributed by atoms with Crippen LogP contribution in [0.3, 0.4) is 0 Å². The Labute approximate surface area is 145 Å². The summed E-state index contributed by atoms with van der Waals surface area (Å²) in [5, 5.41) is 2.47. The lowest BCUT2D eigenvalue weighted by Crippen LogP contribution is -2.17. The fourth-order valence-corrected chi connectivity index (χ4v) is 2.62. The molecule has 8 heteroatoms. The van der Waals surface area contributed by atoms with E-state index in [9.17, 15) is 18.0 Å². The van der Waals surface area contributed by atoms with Gasteiger partial charge in [-0.1, -0.05) is 17.7 Å². The van der Waals surface area contributed by atoms with Gasteiger partial charge in [0.2, 0.25) is 0 Å². The number of nitrogens with zero attached hydrogens (tertiary/aromatic N) is 2. The SMILES string of the molecule is Cc1ccc2nc(CNc3ccc(Cl)c(C(F)(F)F)c3)cc(=O)n2c1. The monoisotopic (exact) mass is 367 g/mol. The summed E-state index contributed by atoms with van der Waals surface area (Å²) in [4.78, 5) is 16.5. The fourth-order valence-electron chi connectivity index (χ4n) is 2.39. The van der Waals surface area contributed by atoms with E-state index >= 15 is 0 Å². The minimum atomic E-state index is -4.54. The standard InChI is InChI=1S/C17H13ClF3N3O/c1-10-2-5-15-23-12(7-16(25)24(15)9-10)8-22-11-3-4-14(18)13(6-11)17(19,20)21/h2-7,9,22H,8H2,1H3. The molecule has 1 N–H and O–H groups in total. The number of aryl methyl sites for hydroxylation is 1. The Balaban J connectivity index is 1.86. The second-order valence-electron chi connectivity index (χ2n) is 5.57. The first-order valence-corrected chi connectivity index (χ1v) is 7.71. The van der Waals surface area contributed by atoms with E-state index in [0.29, 0.717) is 11.3 Å². The molecule has 4 nitrogen and oxygen atoms in total. The number of benzene rings is 1. The third kappa shape index (κ3) is 3.76. The van der Waals surface area contributed by atoms with Gasteiger partial charge in [-0.2, -0.15) is 13.2 Å². The number of rotatable bonds is 3. The zero-order chi connectivity index (χ0) is 18.2. The highest BCUT2D eigenvalue weighted by atomic mass is 35.5. The van der Waals surface area contributed by atoms with Crippen molar-refractivity contribution < 1.29 is 13.2 Å². The first-order chi connectivity index (χ1) is 11.7. The van der Waals surface area contributed by atoms with Gasteiger partial charge in [0.05, 0.1) is 22.8 Å². The quantitative estimate of drug-likeness (QED) is 0.751. The summed E-state index contributed by atoms with van der Waals surface area (Å²) < 4.78 is 40.1. The molecule has 1 aromatic carbocycles. The number of anilines is 1. The van der Waals surface area contributed by atoms with Crippen molar-refractivity contribution in [3.05, 3.63) is 74.8 Å². The Bertz CT molecular complexity index is 999. The van der Waals surface area contributed by atoms with Crippen molar-refractivity contribution in [1.29, 1.82) is 0 Å². The van der Waals surface area contributed by atoms with E-state index in [0.717, 1.165) is 11.6 Å². The maximum absolute atomic E-state index is 12.9. The predicted octanol–water partition coefficient (Wildman–Crippen LogP) is 4.29. The normalized spacial score (nSPS) is 11.7. The highest BCUT2D eigenvalue weighted by Crippen LogP contribution is 2.36. The van der Waals surface area contributed by atoms with Crippen molar-refractivity contribution in [2.75, 3.05) is 5.32 Å². The van der Waals surface area contributed by atoms with Gasteiger partial charge in [0, 0.05) is 18.0 Å². The van der Waals surface area contributed by atoms with E-state index in [1.807, 2.05) is 13.0 Å². The minimum Gasteiger partial charge on any atom is -0.379 e. The van der Waals surface area contributed by atoms with Crippen LogP contribution in [-0.4, -0.2) is 9.38 Å². The summed E-state index contributed by atoms with van der Waals surface area (Å²) in [5.74, 6) is 0. The van der Waals surface area contributed by atoms with Crippen molar-refractivity contribution in [2.45, 2.75) is 19.6 Å². The van der Waals surface area contributed by atoms with Gasteiger partial charge in [-0.3, -0.25) is 9.20 Å². The first-order valence-electron chi connectivity index (χ1n) is 7.33. The molecular weight excluding hydrogens is 355 g/mol. The second-order valence-corrected chi connectivity index (χ2v) is 5.97. The summed E-state index contributed by atoms with van der Waals surface area (Å²) >= 11 is 5.59. The largest absolute Gasteiger partial charge is 0.417 e. The Morgan fingerprint density at radius 3 is 2.68 bits per heavy atom. The zero-order valence-corrected chi connectivity index (χ0v) is 13.8. The van der Waals surface area contributed by atoms with Gasteiger partial charge in [0.1, 0.15) is 5.65 Å². The molecule has 0 spiro atoms. The molecule has 0 atom stereocenters. The smallest absolute Gasteiger partial charge is 0.379 e. The van der Waals surface area contributed by atoms with Gasteiger partial charge < -0.3 is 5.32 Å². The van der Waals surface area contributed by atoms with Crippen LogP contribution in [0.5, 0.6) is 0 Å². The molecule has 0 saturated heterocycles. The molecule has 0 aliphatic heterocycles. The maximum Gasteiger partial charge on any atom is 0.417 e. The van der Waals surface area contributed by atoms with Crippen LogP contribution in [0.1, 0.15) is 16.8 Å². The average molecular weight is 368 g/mol. The topological polar surface area (TPSA) is 46.4 Å². The number of pyridine rings is 1. The first kappa shape index (κ1) is 17.3. The lowest BCUT2D eigenvalue weighted by Gasteiger charge is -2.12. The Kier molecular flexibility index (Phi) is 4.43. The summed E-state index contributed by atoms with van der Waals surface area (Å²) in [7, 11) is 0. The highest BCUT2D eigenvalue weighted by molar-refractivity contribution is 6.31. The lowest BCUT2D eigenvalue weighted by atomic mass is 10.2. The van der Waals surface area contributed by atoms with Crippen molar-refractivity contribution in [2.24, 2.45) is 0 Å². The number of fused-ring (bicyclic) bond motifs is 1. The van der Waals surface area contributed by atoms with Crippen LogP contribution in [0.15, 0.2) is 47.4 Å². The molecule has 130 valence electrons. The van der Waals surface area contributed by atoms with Gasteiger partial charge in [-0.15, -0.1) is 0 Å². The molecule has 2 aromatic heterocycles. The summed E-state index contributed by atoms with van der Waals surface area (Å²) in [6.45, 7) is 1.97. The van der Waals surface area contributed by atoms with E-state index in [1.54, 1.807) is 12.3 Å². The number of hydrogen-bond donors (Lipinski definition) is 1. The van der Waals surface area contributed by atoms with Crippen molar-refractivity contribution >= 4 is 22.9 Å². The third-order valence-electron chi connectivity index (χ3n) is 3.61. The number of alkyl halides is 3. The molecule has 0 aliphatic rings. The molecule has 25 heavy (non-hydrogen) atoms. The maximum atomic E-state index is 12.9. The zero-order valence-electron chi connectivity index (χ0n) is 13.1. The molecule has 0 saturated carbocycles. The van der Waals surface area contributed by atoms with Crippen molar-refractivity contribution in [1.82, 2.24) is 9.38 Å². The van der Waals surface area contributed by atoms with Crippen LogP contribution in [-0.2, 0) is 12.7 Å². The van der Waals surface area contributed by atoms with Gasteiger partial charge in [-0.05, 0) is 36.8 Å². The second kappa shape index (κ2) is 6.40. The Morgan fingerprint density at radius 2 is 1.96 bits per heavy atom. The molecule has 0 fully saturated rings. The summed E-state index contributed by atoms with van der Waals surface area (Å²) in [5.41, 5.74) is 0.892. The van der Waals surface area contributed by atoms with Crippen molar-refractivity contribution in [3.8, 4) is 0 Å². The fraction of sp³-hybridized carbons (Fsp3) is 0.176. The Hall–Kier alpha value is -2.54. The molecule has 3 rings (SSSR count). The van der Waals surface area contributed by atoms with Gasteiger partial charge >= 0.3 is 6.18 Å². The number of nitrogens with one attached hydrogen (secondary N) is 1. The van der Waals surface area contributed by atoms with Gasteiger partial charge in [0.25, 0.3) is 5.56 Å². The number of halogens is 4. The van der Waals surface area contributed by atoms with E-state index < -0.39 is 11.7 Å². The molecule has 0 amide bonds. The van der Waals surface area contributed by atoms with Crippen LogP contribution < -0.4 is 10.9 Å². The summed E-state index contributed by atoms with van der Waals surface area (Å²) in [6, 6.07) is 8.44. The lowest BCUT2D eigenvalue weighted by molar-refractivity contribution is -0.137. The van der Waals surface area contributed by atoms with E-state index in [4.69, 9.17) is 11.6 Å². The van der Waals surface area contributed by atoms with Crippen LogP contribution >= 0.6 is 11.6 Å². The molecule has 0 unspecified atom stereocenters. The number of aromatic nitrogens is 2. The van der Waals surface area contributed by atoms with Gasteiger partial charge in [0.15, 0.2) is 0 Å². The van der Waals surface area contributed by atoms with Gasteiger partial charge in [-0.25, -0.2) is 4.98 Å². The van der Waals surface area contributed by atoms with Crippen LogP contribution in [0, 0.1) is 6.92 Å². The number of hydrogen-bond acceptors (Lipinski definition) is 3. The summed E-state index contributed by atoms with van der Waals surface area (Å²) in [6.07, 6.45) is -2.86. The molecular formula is C17H13ClF3N3O. The van der Waals surface area contributed by atoms with Crippen LogP contribution in [0.4, 0.5) is 18.9 Å². The molecule has 0 aliphatic carbocycles. The van der Waals surface area contributed by atoms with E-state index in [2.05, 4.69) is 10.3 Å².